The summed E-state index contributed by atoms with van der Waals surface area (Å²) in [5, 5.41) is 23.7. The normalized spacial score (nSPS) is 12.0. The van der Waals surface area contributed by atoms with Crippen LogP contribution in [0.5, 0.6) is 0 Å². The molecular formula is C11H16N4O5. The van der Waals surface area contributed by atoms with Crippen LogP contribution in [0.15, 0.2) is 0 Å². The van der Waals surface area contributed by atoms with Gasteiger partial charge in [0.1, 0.15) is 5.69 Å². The third-order valence-electron chi connectivity index (χ3n) is 2.89. The van der Waals surface area contributed by atoms with E-state index in [9.17, 15) is 19.7 Å². The van der Waals surface area contributed by atoms with Crippen molar-refractivity contribution in [3.8, 4) is 0 Å². The van der Waals surface area contributed by atoms with Crippen LogP contribution in [-0.4, -0.2) is 50.2 Å². The van der Waals surface area contributed by atoms with E-state index in [0.717, 1.165) is 9.58 Å². The fourth-order valence-electron chi connectivity index (χ4n) is 1.86. The molecule has 0 spiro atoms. The van der Waals surface area contributed by atoms with E-state index in [1.165, 1.54) is 27.9 Å². The zero-order valence-electron chi connectivity index (χ0n) is 11.7. The first-order valence-electron chi connectivity index (χ1n) is 5.83. The Hall–Kier alpha value is -2.45. The van der Waals surface area contributed by atoms with Crippen molar-refractivity contribution in [3.63, 3.8) is 0 Å². The predicted octanol–water partition coefficient (Wildman–Crippen LogP) is 0.429. The monoisotopic (exact) mass is 284 g/mol. The van der Waals surface area contributed by atoms with Gasteiger partial charge in [0.05, 0.1) is 10.8 Å². The summed E-state index contributed by atoms with van der Waals surface area (Å²) in [6, 6.07) is 0. The molecule has 1 aromatic rings. The molecule has 110 valence electrons. The summed E-state index contributed by atoms with van der Waals surface area (Å²) in [4.78, 5) is 34.5. The van der Waals surface area contributed by atoms with Gasteiger partial charge in [-0.15, -0.1) is 0 Å². The Balaban J connectivity index is 3.09. The first kappa shape index (κ1) is 15.6. The Morgan fingerprint density at radius 1 is 1.55 bits per heavy atom. The highest BCUT2D eigenvalue weighted by Gasteiger charge is 2.31. The summed E-state index contributed by atoms with van der Waals surface area (Å²) in [5.41, 5.74) is -0.375. The number of carboxylic acid groups (broad SMARTS) is 1. The molecule has 0 radical (unpaired) electrons. The molecule has 1 N–H and O–H groups in total. The van der Waals surface area contributed by atoms with Crippen LogP contribution in [0, 0.1) is 23.0 Å². The van der Waals surface area contributed by atoms with Crippen molar-refractivity contribution in [2.24, 2.45) is 13.0 Å². The highest BCUT2D eigenvalue weighted by molar-refractivity contribution is 5.97. The molecule has 9 heteroatoms. The van der Waals surface area contributed by atoms with E-state index in [2.05, 4.69) is 5.10 Å². The van der Waals surface area contributed by atoms with E-state index < -0.39 is 22.7 Å². The van der Waals surface area contributed by atoms with Gasteiger partial charge in [-0.25, -0.2) is 0 Å². The van der Waals surface area contributed by atoms with Gasteiger partial charge in [-0.2, -0.15) is 5.10 Å². The summed E-state index contributed by atoms with van der Waals surface area (Å²) in [6.45, 7) is 2.85. The highest BCUT2D eigenvalue weighted by atomic mass is 16.6. The summed E-state index contributed by atoms with van der Waals surface area (Å²) in [5.74, 6) is -2.44. The second kappa shape index (κ2) is 5.68. The van der Waals surface area contributed by atoms with Crippen LogP contribution >= 0.6 is 0 Å². The molecule has 9 nitrogen and oxygen atoms in total. The number of aromatic nitrogens is 2. The molecule has 1 rings (SSSR count). The van der Waals surface area contributed by atoms with Crippen LogP contribution in [-0.2, 0) is 11.8 Å². The van der Waals surface area contributed by atoms with E-state index in [0.29, 0.717) is 0 Å². The minimum atomic E-state index is -1.04. The molecule has 1 aromatic heterocycles. The van der Waals surface area contributed by atoms with Crippen molar-refractivity contribution in [1.29, 1.82) is 0 Å². The molecule has 0 aliphatic heterocycles. The summed E-state index contributed by atoms with van der Waals surface area (Å²) < 4.78 is 1.14. The lowest BCUT2D eigenvalue weighted by atomic mass is 10.1. The molecule has 1 atom stereocenters. The molecule has 1 unspecified atom stereocenters. The van der Waals surface area contributed by atoms with Crippen molar-refractivity contribution in [2.75, 3.05) is 13.6 Å². The Labute approximate surface area is 114 Å². The Kier molecular flexibility index (Phi) is 4.43. The number of nitrogens with zero attached hydrogens (tertiary/aromatic N) is 4. The SMILES string of the molecule is Cc1nn(C)c(C(=O)N(C)CC(C)C(=O)O)c1[N+](=O)[O-]. The van der Waals surface area contributed by atoms with Crippen LogP contribution in [0.1, 0.15) is 23.1 Å². The van der Waals surface area contributed by atoms with Gasteiger partial charge in [-0.1, -0.05) is 6.92 Å². The topological polar surface area (TPSA) is 119 Å². The van der Waals surface area contributed by atoms with Gasteiger partial charge < -0.3 is 10.0 Å². The van der Waals surface area contributed by atoms with Crippen molar-refractivity contribution in [2.45, 2.75) is 13.8 Å². The standard InChI is InChI=1S/C11H16N4O5/c1-6(11(17)18)5-13(3)10(16)9-8(15(19)20)7(2)12-14(9)4/h6H,5H2,1-4H3,(H,17,18). The number of carbonyl (C=O) groups is 2. The van der Waals surface area contributed by atoms with Crippen molar-refractivity contribution in [3.05, 3.63) is 21.5 Å². The molecule has 1 heterocycles. The summed E-state index contributed by atoms with van der Waals surface area (Å²) in [6.07, 6.45) is 0. The number of rotatable bonds is 5. The molecule has 0 bridgehead atoms. The third kappa shape index (κ3) is 2.92. The minimum absolute atomic E-state index is 0.0461. The predicted molar refractivity (Wildman–Crippen MR) is 68.4 cm³/mol. The van der Waals surface area contributed by atoms with E-state index in [4.69, 9.17) is 5.11 Å². The summed E-state index contributed by atoms with van der Waals surface area (Å²) in [7, 11) is 2.83. The van der Waals surface area contributed by atoms with Gasteiger partial charge in [0, 0.05) is 20.6 Å². The zero-order valence-corrected chi connectivity index (χ0v) is 11.7. The number of nitro groups is 1. The number of carbonyl (C=O) groups excluding carboxylic acids is 1. The maximum Gasteiger partial charge on any atom is 0.322 e. The highest BCUT2D eigenvalue weighted by Crippen LogP contribution is 2.23. The van der Waals surface area contributed by atoms with Crippen molar-refractivity contribution >= 4 is 17.6 Å². The van der Waals surface area contributed by atoms with Crippen LogP contribution in [0.3, 0.4) is 0 Å². The first-order valence-corrected chi connectivity index (χ1v) is 5.83. The van der Waals surface area contributed by atoms with E-state index in [-0.39, 0.29) is 23.6 Å². The number of aryl methyl sites for hydroxylation is 2. The summed E-state index contributed by atoms with van der Waals surface area (Å²) >= 11 is 0. The van der Waals surface area contributed by atoms with Crippen LogP contribution < -0.4 is 0 Å². The lowest BCUT2D eigenvalue weighted by Gasteiger charge is -2.19. The van der Waals surface area contributed by atoms with Crippen molar-refractivity contribution in [1.82, 2.24) is 14.7 Å². The smallest absolute Gasteiger partial charge is 0.322 e. The molecule has 0 aliphatic rings. The average Bonchev–Trinajstić information content (AvgIpc) is 2.62. The first-order chi connectivity index (χ1) is 9.16. The second-order valence-electron chi connectivity index (χ2n) is 4.59. The molecule has 1 amide bonds. The number of aliphatic carboxylic acids is 1. The van der Waals surface area contributed by atoms with Crippen LogP contribution in [0.4, 0.5) is 5.69 Å². The Morgan fingerprint density at radius 2 is 2.10 bits per heavy atom. The van der Waals surface area contributed by atoms with Gasteiger partial charge in [-0.05, 0) is 6.92 Å². The average molecular weight is 284 g/mol. The van der Waals surface area contributed by atoms with E-state index >= 15 is 0 Å². The second-order valence-corrected chi connectivity index (χ2v) is 4.59. The molecule has 0 aromatic carbocycles. The van der Waals surface area contributed by atoms with Crippen LogP contribution in [0.25, 0.3) is 0 Å². The van der Waals surface area contributed by atoms with Gasteiger partial charge in [0.15, 0.2) is 0 Å². The number of hydrogen-bond acceptors (Lipinski definition) is 5. The number of hydrogen-bond donors (Lipinski definition) is 1. The van der Waals surface area contributed by atoms with Gasteiger partial charge in [0.25, 0.3) is 5.91 Å². The van der Waals surface area contributed by atoms with Gasteiger partial charge in [-0.3, -0.25) is 24.4 Å². The molecule has 0 saturated heterocycles. The fraction of sp³-hybridized carbons (Fsp3) is 0.545. The third-order valence-corrected chi connectivity index (χ3v) is 2.89. The van der Waals surface area contributed by atoms with E-state index in [1.54, 1.807) is 0 Å². The fourth-order valence-corrected chi connectivity index (χ4v) is 1.86. The van der Waals surface area contributed by atoms with Crippen molar-refractivity contribution < 1.29 is 19.6 Å². The zero-order chi connectivity index (χ0) is 15.6. The molecule has 20 heavy (non-hydrogen) atoms. The molecule has 0 saturated carbocycles. The maximum absolute atomic E-state index is 12.2. The maximum atomic E-state index is 12.2. The largest absolute Gasteiger partial charge is 0.481 e. The van der Waals surface area contributed by atoms with Gasteiger partial charge >= 0.3 is 11.7 Å². The molecular weight excluding hydrogens is 268 g/mol. The number of carboxylic acids is 1. The minimum Gasteiger partial charge on any atom is -0.481 e. The molecule has 0 aliphatic carbocycles. The quantitative estimate of drug-likeness (QED) is 0.618. The lowest BCUT2D eigenvalue weighted by Crippen LogP contribution is -2.35. The number of amides is 1. The van der Waals surface area contributed by atoms with Gasteiger partial charge in [0.2, 0.25) is 5.69 Å². The Bertz CT molecular complexity index is 565. The Morgan fingerprint density at radius 3 is 2.55 bits per heavy atom. The molecule has 0 fully saturated rings. The van der Waals surface area contributed by atoms with Crippen LogP contribution in [0.2, 0.25) is 0 Å². The lowest BCUT2D eigenvalue weighted by molar-refractivity contribution is -0.385. The van der Waals surface area contributed by atoms with E-state index in [1.807, 2.05) is 0 Å².